The van der Waals surface area contributed by atoms with Crippen molar-refractivity contribution >= 4 is 16.0 Å². The van der Waals surface area contributed by atoms with Gasteiger partial charge in [-0.15, -0.1) is 0 Å². The average molecular weight is 404 g/mol. The number of sulfonamides is 1. The first-order valence-electron chi connectivity index (χ1n) is 9.29. The number of nitrogens with zero attached hydrogens (tertiary/aromatic N) is 1. The van der Waals surface area contributed by atoms with Crippen molar-refractivity contribution in [2.24, 2.45) is 0 Å². The van der Waals surface area contributed by atoms with Crippen LogP contribution in [0.1, 0.15) is 42.8 Å². The Balaban J connectivity index is 1.71. The fourth-order valence-corrected chi connectivity index (χ4v) is 4.85. The monoisotopic (exact) mass is 403 g/mol. The lowest BCUT2D eigenvalue weighted by Gasteiger charge is -2.34. The first-order chi connectivity index (χ1) is 13.3. The zero-order valence-electron chi connectivity index (χ0n) is 16.2. The predicted octanol–water partition coefficient (Wildman–Crippen LogP) is 3.40. The van der Waals surface area contributed by atoms with Crippen LogP contribution in [0.3, 0.4) is 0 Å². The van der Waals surface area contributed by atoms with E-state index in [4.69, 9.17) is 9.47 Å². The summed E-state index contributed by atoms with van der Waals surface area (Å²) in [7, 11) is -3.64. The van der Waals surface area contributed by atoms with Crippen LogP contribution >= 0.6 is 0 Å². The van der Waals surface area contributed by atoms with E-state index in [1.54, 1.807) is 6.92 Å². The number of hydrogen-bond acceptors (Lipinski definition) is 5. The summed E-state index contributed by atoms with van der Waals surface area (Å²) in [6.07, 6.45) is -0.715. The zero-order chi connectivity index (χ0) is 20.3. The molecule has 1 heterocycles. The van der Waals surface area contributed by atoms with Crippen LogP contribution < -0.4 is 0 Å². The van der Waals surface area contributed by atoms with Gasteiger partial charge in [0.05, 0.1) is 22.7 Å². The van der Waals surface area contributed by atoms with Gasteiger partial charge in [0.15, 0.2) is 0 Å². The lowest BCUT2D eigenvalue weighted by atomic mass is 10.1. The Morgan fingerprint density at radius 2 is 1.61 bits per heavy atom. The molecule has 0 bridgehead atoms. The summed E-state index contributed by atoms with van der Waals surface area (Å²) >= 11 is 0. The standard InChI is InChI=1S/C21H25NO5S/c1-15-13-22(14-16(2)26-15)28(24,25)20-11-9-19(10-12-20)21(23)27-17(3)18-7-5-4-6-8-18/h4-12,15-17H,13-14H2,1-3H3/t15-,16+,17-/m0/s1. The number of rotatable bonds is 5. The summed E-state index contributed by atoms with van der Waals surface area (Å²) < 4.78 is 38.3. The molecule has 0 saturated carbocycles. The van der Waals surface area contributed by atoms with Crippen LogP contribution in [0.5, 0.6) is 0 Å². The molecule has 0 unspecified atom stereocenters. The van der Waals surface area contributed by atoms with E-state index < -0.39 is 22.1 Å². The molecule has 0 aromatic heterocycles. The van der Waals surface area contributed by atoms with Gasteiger partial charge < -0.3 is 9.47 Å². The zero-order valence-corrected chi connectivity index (χ0v) is 17.1. The minimum Gasteiger partial charge on any atom is -0.454 e. The molecule has 0 spiro atoms. The van der Waals surface area contributed by atoms with E-state index in [1.807, 2.05) is 44.2 Å². The first kappa shape index (κ1) is 20.5. The van der Waals surface area contributed by atoms with Crippen LogP contribution in [0, 0.1) is 0 Å². The summed E-state index contributed by atoms with van der Waals surface area (Å²) in [6, 6.07) is 15.3. The van der Waals surface area contributed by atoms with Crippen LogP contribution in [0.15, 0.2) is 59.5 Å². The third-order valence-corrected chi connectivity index (χ3v) is 6.51. The summed E-state index contributed by atoms with van der Waals surface area (Å²) in [5.41, 5.74) is 1.20. The molecule has 150 valence electrons. The van der Waals surface area contributed by atoms with Crippen molar-refractivity contribution in [1.82, 2.24) is 4.31 Å². The molecule has 3 rings (SSSR count). The largest absolute Gasteiger partial charge is 0.454 e. The highest BCUT2D eigenvalue weighted by molar-refractivity contribution is 7.89. The second kappa shape index (κ2) is 8.43. The maximum atomic E-state index is 12.9. The van der Waals surface area contributed by atoms with Gasteiger partial charge in [0.2, 0.25) is 10.0 Å². The Kier molecular flexibility index (Phi) is 6.17. The Labute approximate surface area is 166 Å². The van der Waals surface area contributed by atoms with E-state index in [0.717, 1.165) is 5.56 Å². The molecule has 6 nitrogen and oxygen atoms in total. The van der Waals surface area contributed by atoms with Gasteiger partial charge >= 0.3 is 5.97 Å². The average Bonchev–Trinajstić information content (AvgIpc) is 2.68. The molecule has 7 heteroatoms. The van der Waals surface area contributed by atoms with Crippen LogP contribution in [0.2, 0.25) is 0 Å². The SMILES string of the molecule is C[C@@H]1CN(S(=O)(=O)c2ccc(C(=O)O[C@@H](C)c3ccccc3)cc2)C[C@H](C)O1. The molecule has 1 saturated heterocycles. The number of morpholine rings is 1. The van der Waals surface area contributed by atoms with Gasteiger partial charge in [-0.2, -0.15) is 4.31 Å². The van der Waals surface area contributed by atoms with E-state index in [9.17, 15) is 13.2 Å². The predicted molar refractivity (Wildman–Crippen MR) is 105 cm³/mol. The van der Waals surface area contributed by atoms with E-state index >= 15 is 0 Å². The van der Waals surface area contributed by atoms with Gasteiger partial charge in [-0.25, -0.2) is 13.2 Å². The highest BCUT2D eigenvalue weighted by Crippen LogP contribution is 2.23. The Morgan fingerprint density at radius 1 is 1.04 bits per heavy atom. The number of carbonyl (C=O) groups is 1. The number of carbonyl (C=O) groups excluding carboxylic acids is 1. The van der Waals surface area contributed by atoms with E-state index in [2.05, 4.69) is 0 Å². The van der Waals surface area contributed by atoms with Crippen molar-refractivity contribution in [3.8, 4) is 0 Å². The van der Waals surface area contributed by atoms with Crippen LogP contribution in [-0.4, -0.2) is 44.0 Å². The summed E-state index contributed by atoms with van der Waals surface area (Å²) in [6.45, 7) is 6.12. The second-order valence-electron chi connectivity index (χ2n) is 7.06. The minimum atomic E-state index is -3.64. The number of ether oxygens (including phenoxy) is 2. The fourth-order valence-electron chi connectivity index (χ4n) is 3.26. The number of esters is 1. The maximum Gasteiger partial charge on any atom is 0.338 e. The lowest BCUT2D eigenvalue weighted by Crippen LogP contribution is -2.48. The number of hydrogen-bond donors (Lipinski definition) is 0. The van der Waals surface area contributed by atoms with Crippen molar-refractivity contribution in [1.29, 1.82) is 0 Å². The third-order valence-electron chi connectivity index (χ3n) is 4.67. The first-order valence-corrected chi connectivity index (χ1v) is 10.7. The third kappa shape index (κ3) is 4.60. The summed E-state index contributed by atoms with van der Waals surface area (Å²) in [5.74, 6) is -0.492. The molecule has 2 aromatic carbocycles. The molecular weight excluding hydrogens is 378 g/mol. The summed E-state index contributed by atoms with van der Waals surface area (Å²) in [4.78, 5) is 12.5. The molecule has 1 aliphatic rings. The molecule has 28 heavy (non-hydrogen) atoms. The number of benzene rings is 2. The van der Waals surface area contributed by atoms with Gasteiger partial charge in [-0.3, -0.25) is 0 Å². The van der Waals surface area contributed by atoms with Crippen LogP contribution in [0.25, 0.3) is 0 Å². The maximum absolute atomic E-state index is 12.9. The molecule has 1 fully saturated rings. The van der Waals surface area contributed by atoms with Crippen molar-refractivity contribution in [2.45, 2.75) is 44.0 Å². The molecule has 2 aromatic rings. The van der Waals surface area contributed by atoms with Crippen LogP contribution in [0.4, 0.5) is 0 Å². The highest BCUT2D eigenvalue weighted by Gasteiger charge is 2.32. The highest BCUT2D eigenvalue weighted by atomic mass is 32.2. The Hall–Kier alpha value is -2.22. The van der Waals surface area contributed by atoms with Gasteiger partial charge in [0.25, 0.3) is 0 Å². The molecule has 1 aliphatic heterocycles. The molecule has 0 aliphatic carbocycles. The molecular formula is C21H25NO5S. The van der Waals surface area contributed by atoms with Crippen molar-refractivity contribution in [2.75, 3.05) is 13.1 Å². The molecule has 3 atom stereocenters. The topological polar surface area (TPSA) is 72.9 Å². The summed E-state index contributed by atoms with van der Waals surface area (Å²) in [5, 5.41) is 0. The van der Waals surface area contributed by atoms with Crippen molar-refractivity contribution in [3.05, 3.63) is 65.7 Å². The minimum absolute atomic E-state index is 0.154. The Bertz CT molecular complexity index is 902. The normalized spacial score (nSPS) is 21.8. The Morgan fingerprint density at radius 3 is 2.18 bits per heavy atom. The fraction of sp³-hybridized carbons (Fsp3) is 0.381. The van der Waals surface area contributed by atoms with Gasteiger partial charge in [-0.05, 0) is 50.6 Å². The van der Waals surface area contributed by atoms with E-state index in [1.165, 1.54) is 28.6 Å². The van der Waals surface area contributed by atoms with Crippen LogP contribution in [-0.2, 0) is 19.5 Å². The van der Waals surface area contributed by atoms with E-state index in [-0.39, 0.29) is 17.1 Å². The van der Waals surface area contributed by atoms with Gasteiger partial charge in [-0.1, -0.05) is 30.3 Å². The quantitative estimate of drug-likeness (QED) is 0.716. The second-order valence-corrected chi connectivity index (χ2v) is 9.00. The molecule has 0 radical (unpaired) electrons. The van der Waals surface area contributed by atoms with Crippen molar-refractivity contribution < 1.29 is 22.7 Å². The van der Waals surface area contributed by atoms with Gasteiger partial charge in [0, 0.05) is 13.1 Å². The van der Waals surface area contributed by atoms with Gasteiger partial charge in [0.1, 0.15) is 6.10 Å². The molecule has 0 N–H and O–H groups in total. The van der Waals surface area contributed by atoms with Crippen molar-refractivity contribution in [3.63, 3.8) is 0 Å². The lowest BCUT2D eigenvalue weighted by molar-refractivity contribution is -0.0440. The van der Waals surface area contributed by atoms with E-state index in [0.29, 0.717) is 18.7 Å². The molecule has 0 amide bonds. The smallest absolute Gasteiger partial charge is 0.338 e.